The molecule has 7 heteroatoms. The van der Waals surface area contributed by atoms with Crippen molar-refractivity contribution < 1.29 is 4.79 Å². The van der Waals surface area contributed by atoms with Crippen molar-refractivity contribution in [3.8, 4) is 11.4 Å². The molecule has 1 unspecified atom stereocenters. The van der Waals surface area contributed by atoms with E-state index in [0.717, 1.165) is 35.1 Å². The molecule has 0 saturated carbocycles. The van der Waals surface area contributed by atoms with Crippen molar-refractivity contribution in [2.45, 2.75) is 23.2 Å². The highest BCUT2D eigenvalue weighted by atomic mass is 32.2. The number of rotatable bonds is 3. The van der Waals surface area contributed by atoms with E-state index in [9.17, 15) is 4.79 Å². The molecule has 0 spiro atoms. The second-order valence-electron chi connectivity index (χ2n) is 5.90. The van der Waals surface area contributed by atoms with Gasteiger partial charge in [-0.1, -0.05) is 30.0 Å². The quantitative estimate of drug-likeness (QED) is 0.785. The number of nitrogens with zero attached hydrogens (tertiary/aromatic N) is 4. The molecular weight excluding hydrogens is 334 g/mol. The minimum absolute atomic E-state index is 0.0147. The maximum atomic E-state index is 12.6. The first-order chi connectivity index (χ1) is 12.2. The van der Waals surface area contributed by atoms with Crippen LogP contribution in [0.15, 0.2) is 53.9 Å². The van der Waals surface area contributed by atoms with E-state index in [-0.39, 0.29) is 11.2 Å². The summed E-state index contributed by atoms with van der Waals surface area (Å²) in [5.74, 6) is 0.758. The van der Waals surface area contributed by atoms with Crippen molar-refractivity contribution in [1.82, 2.24) is 19.7 Å². The van der Waals surface area contributed by atoms with Crippen molar-refractivity contribution in [3.63, 3.8) is 0 Å². The topological polar surface area (TPSA) is 72.7 Å². The van der Waals surface area contributed by atoms with Crippen LogP contribution in [-0.4, -0.2) is 30.9 Å². The number of benzene rings is 1. The SMILES string of the molecule is Cn1c(SC2CCc3ccccc3NC2=O)nnc1-c1cccnc1. The van der Waals surface area contributed by atoms with E-state index in [2.05, 4.69) is 26.6 Å². The Hall–Kier alpha value is -2.67. The van der Waals surface area contributed by atoms with Gasteiger partial charge in [-0.3, -0.25) is 9.78 Å². The van der Waals surface area contributed by atoms with Crippen LogP contribution >= 0.6 is 11.8 Å². The lowest BCUT2D eigenvalue weighted by atomic mass is 10.1. The average molecular weight is 351 g/mol. The summed E-state index contributed by atoms with van der Waals surface area (Å²) in [6.07, 6.45) is 5.11. The molecule has 3 heterocycles. The number of aryl methyl sites for hydroxylation is 1. The number of aromatic nitrogens is 4. The van der Waals surface area contributed by atoms with Gasteiger partial charge >= 0.3 is 0 Å². The van der Waals surface area contributed by atoms with Gasteiger partial charge in [0.25, 0.3) is 0 Å². The first kappa shape index (κ1) is 15.8. The Morgan fingerprint density at radius 1 is 1.20 bits per heavy atom. The molecule has 6 nitrogen and oxygen atoms in total. The van der Waals surface area contributed by atoms with Gasteiger partial charge in [0.15, 0.2) is 11.0 Å². The predicted molar refractivity (Wildman–Crippen MR) is 97.3 cm³/mol. The predicted octanol–water partition coefficient (Wildman–Crippen LogP) is 2.92. The highest BCUT2D eigenvalue weighted by Crippen LogP contribution is 2.31. The van der Waals surface area contributed by atoms with Crippen LogP contribution in [0.1, 0.15) is 12.0 Å². The van der Waals surface area contributed by atoms with Crippen LogP contribution in [0.2, 0.25) is 0 Å². The Kier molecular flexibility index (Phi) is 4.23. The van der Waals surface area contributed by atoms with Crippen LogP contribution < -0.4 is 5.32 Å². The summed E-state index contributed by atoms with van der Waals surface area (Å²) in [7, 11) is 1.91. The van der Waals surface area contributed by atoms with Gasteiger partial charge < -0.3 is 9.88 Å². The summed E-state index contributed by atoms with van der Waals surface area (Å²) in [6, 6.07) is 11.8. The van der Waals surface area contributed by atoms with Gasteiger partial charge in [0.2, 0.25) is 5.91 Å². The Morgan fingerprint density at radius 2 is 2.08 bits per heavy atom. The van der Waals surface area contributed by atoms with E-state index in [0.29, 0.717) is 0 Å². The monoisotopic (exact) mass is 351 g/mol. The molecule has 1 aliphatic heterocycles. The van der Waals surface area contributed by atoms with Gasteiger partial charge in [-0.2, -0.15) is 0 Å². The minimum atomic E-state index is -0.197. The Labute approximate surface area is 149 Å². The molecule has 0 fully saturated rings. The Bertz CT molecular complexity index is 909. The van der Waals surface area contributed by atoms with Gasteiger partial charge in [0.1, 0.15) is 0 Å². The number of carbonyl (C=O) groups is 1. The van der Waals surface area contributed by atoms with Crippen molar-refractivity contribution >= 4 is 23.4 Å². The molecule has 1 aliphatic rings. The molecule has 0 saturated heterocycles. The number of fused-ring (bicyclic) bond motifs is 1. The number of carbonyl (C=O) groups excluding carboxylic acids is 1. The number of hydrogen-bond acceptors (Lipinski definition) is 5. The molecule has 4 rings (SSSR count). The van der Waals surface area contributed by atoms with Crippen molar-refractivity contribution in [3.05, 3.63) is 54.4 Å². The zero-order chi connectivity index (χ0) is 17.2. The standard InChI is InChI=1S/C18H17N5OS/c1-23-16(13-6-4-10-19-11-13)21-22-18(23)25-15-9-8-12-5-2-3-7-14(12)20-17(15)24/h2-7,10-11,15H,8-9H2,1H3,(H,20,24). The largest absolute Gasteiger partial charge is 0.325 e. The maximum Gasteiger partial charge on any atom is 0.237 e. The van der Waals surface area contributed by atoms with E-state index in [1.54, 1.807) is 12.4 Å². The van der Waals surface area contributed by atoms with Gasteiger partial charge in [-0.05, 0) is 36.6 Å². The summed E-state index contributed by atoms with van der Waals surface area (Å²) < 4.78 is 1.91. The van der Waals surface area contributed by atoms with Crippen molar-refractivity contribution in [1.29, 1.82) is 0 Å². The van der Waals surface area contributed by atoms with Gasteiger partial charge in [-0.25, -0.2) is 0 Å². The third kappa shape index (κ3) is 3.15. The first-order valence-corrected chi connectivity index (χ1v) is 8.95. The Morgan fingerprint density at radius 3 is 2.92 bits per heavy atom. The van der Waals surface area contributed by atoms with E-state index < -0.39 is 0 Å². The molecule has 3 aromatic rings. The third-order valence-electron chi connectivity index (χ3n) is 4.25. The number of amides is 1. The first-order valence-electron chi connectivity index (χ1n) is 8.07. The molecule has 0 bridgehead atoms. The van der Waals surface area contributed by atoms with E-state index >= 15 is 0 Å². The fraction of sp³-hybridized carbons (Fsp3) is 0.222. The van der Waals surface area contributed by atoms with Crippen molar-refractivity contribution in [2.24, 2.45) is 7.05 Å². The number of para-hydroxylation sites is 1. The number of thioether (sulfide) groups is 1. The molecule has 1 amide bonds. The number of anilines is 1. The van der Waals surface area contributed by atoms with Crippen LogP contribution in [0, 0.1) is 0 Å². The smallest absolute Gasteiger partial charge is 0.237 e. The normalized spacial score (nSPS) is 16.8. The Balaban J connectivity index is 1.55. The molecule has 1 atom stereocenters. The van der Waals surface area contributed by atoms with E-state index in [1.807, 2.05) is 41.9 Å². The highest BCUT2D eigenvalue weighted by Gasteiger charge is 2.26. The molecule has 1 aromatic carbocycles. The number of hydrogen-bond donors (Lipinski definition) is 1. The summed E-state index contributed by atoms with van der Waals surface area (Å²) in [4.78, 5) is 16.7. The van der Waals surface area contributed by atoms with E-state index in [4.69, 9.17) is 0 Å². The molecular formula is C18H17N5OS. The van der Waals surface area contributed by atoms with Crippen molar-refractivity contribution in [2.75, 3.05) is 5.32 Å². The van der Waals surface area contributed by atoms with Gasteiger partial charge in [-0.15, -0.1) is 10.2 Å². The van der Waals surface area contributed by atoms with Crippen LogP contribution in [0.4, 0.5) is 5.69 Å². The summed E-state index contributed by atoms with van der Waals surface area (Å²) in [6.45, 7) is 0. The summed E-state index contributed by atoms with van der Waals surface area (Å²) in [5.41, 5.74) is 2.99. The fourth-order valence-electron chi connectivity index (χ4n) is 2.89. The minimum Gasteiger partial charge on any atom is -0.325 e. The average Bonchev–Trinajstić information content (AvgIpc) is 2.92. The van der Waals surface area contributed by atoms with Crippen LogP contribution in [0.3, 0.4) is 0 Å². The molecule has 2 aromatic heterocycles. The highest BCUT2D eigenvalue weighted by molar-refractivity contribution is 8.00. The molecule has 0 radical (unpaired) electrons. The summed E-state index contributed by atoms with van der Waals surface area (Å²) >= 11 is 1.46. The third-order valence-corrected chi connectivity index (χ3v) is 5.55. The zero-order valence-corrected chi connectivity index (χ0v) is 14.5. The van der Waals surface area contributed by atoms with Crippen LogP contribution in [0.5, 0.6) is 0 Å². The van der Waals surface area contributed by atoms with E-state index in [1.165, 1.54) is 17.3 Å². The van der Waals surface area contributed by atoms with Crippen LogP contribution in [0.25, 0.3) is 11.4 Å². The van der Waals surface area contributed by atoms with Gasteiger partial charge in [0.05, 0.1) is 5.25 Å². The molecule has 1 N–H and O–H groups in total. The summed E-state index contributed by atoms with van der Waals surface area (Å²) in [5, 5.41) is 12.1. The molecule has 25 heavy (non-hydrogen) atoms. The van der Waals surface area contributed by atoms with Crippen LogP contribution in [-0.2, 0) is 18.3 Å². The second kappa shape index (κ2) is 6.68. The number of pyridine rings is 1. The number of nitrogens with one attached hydrogen (secondary N) is 1. The molecule has 126 valence electrons. The maximum absolute atomic E-state index is 12.6. The lowest BCUT2D eigenvalue weighted by Crippen LogP contribution is -2.24. The lowest BCUT2D eigenvalue weighted by molar-refractivity contribution is -0.115. The lowest BCUT2D eigenvalue weighted by Gasteiger charge is -2.12. The fourth-order valence-corrected chi connectivity index (χ4v) is 3.88. The second-order valence-corrected chi connectivity index (χ2v) is 7.07. The van der Waals surface area contributed by atoms with Gasteiger partial charge in [0, 0.05) is 30.7 Å². The zero-order valence-electron chi connectivity index (χ0n) is 13.7. The molecule has 0 aliphatic carbocycles.